The van der Waals surface area contributed by atoms with E-state index < -0.39 is 5.54 Å². The van der Waals surface area contributed by atoms with E-state index in [1.807, 2.05) is 54.9 Å². The maximum absolute atomic E-state index is 13.4. The summed E-state index contributed by atoms with van der Waals surface area (Å²) in [5, 5.41) is 13.7. The number of nitriles is 1. The summed E-state index contributed by atoms with van der Waals surface area (Å²) in [4.78, 5) is 18.4. The van der Waals surface area contributed by atoms with E-state index in [2.05, 4.69) is 94.7 Å². The largest absolute Gasteiger partial charge is 0.318 e. The average molecular weight is 558 g/mol. The fourth-order valence-electron chi connectivity index (χ4n) is 6.18. The van der Waals surface area contributed by atoms with Gasteiger partial charge >= 0.3 is 0 Å². The number of ketones is 1. The van der Waals surface area contributed by atoms with Crippen LogP contribution in [0.15, 0.2) is 140 Å². The molecule has 7 rings (SSSR count). The number of hydrogen-bond donors (Lipinski definition) is 0. The second kappa shape index (κ2) is 10.9. The zero-order valence-corrected chi connectivity index (χ0v) is 23.3. The summed E-state index contributed by atoms with van der Waals surface area (Å²) in [6.45, 7) is 0.555. The molecule has 6 aromatic rings. The van der Waals surface area contributed by atoms with Crippen molar-refractivity contribution >= 4 is 11.9 Å². The van der Waals surface area contributed by atoms with Crippen molar-refractivity contribution in [2.24, 2.45) is 0 Å². The molecule has 0 unspecified atom stereocenters. The fraction of sp³-hybridized carbons (Fsp3) is 0.0811. The van der Waals surface area contributed by atoms with Crippen molar-refractivity contribution in [1.29, 1.82) is 5.26 Å². The number of carbonyl (C=O) groups is 1. The molecule has 2 aromatic heterocycles. The lowest BCUT2D eigenvalue weighted by molar-refractivity contribution is 0.101. The molecule has 6 nitrogen and oxygen atoms in total. The first-order valence-corrected chi connectivity index (χ1v) is 14.2. The number of aryl methyl sites for hydroxylation is 1. The molecule has 0 saturated carbocycles. The molecule has 4 aromatic carbocycles. The molecule has 6 heteroatoms. The monoisotopic (exact) mass is 557 g/mol. The van der Waals surface area contributed by atoms with Crippen LogP contribution in [0.25, 0.3) is 17.3 Å². The van der Waals surface area contributed by atoms with Crippen LogP contribution in [-0.2, 0) is 12.1 Å². The Morgan fingerprint density at radius 2 is 1.37 bits per heavy atom. The predicted octanol–water partition coefficient (Wildman–Crippen LogP) is 7.13. The molecular formula is C37H27N5O. The van der Waals surface area contributed by atoms with Crippen molar-refractivity contribution in [1.82, 2.24) is 19.3 Å². The number of aromatic nitrogens is 4. The lowest BCUT2D eigenvalue weighted by atomic mass is 9.77. The smallest absolute Gasteiger partial charge is 0.208 e. The number of allylic oxidation sites excluding steroid dienone is 1. The molecule has 1 aliphatic rings. The van der Waals surface area contributed by atoms with Gasteiger partial charge in [-0.2, -0.15) is 10.4 Å². The first-order chi connectivity index (χ1) is 21.2. The van der Waals surface area contributed by atoms with Gasteiger partial charge in [0.1, 0.15) is 22.9 Å². The van der Waals surface area contributed by atoms with Gasteiger partial charge in [-0.3, -0.25) is 9.48 Å². The number of benzene rings is 4. The number of hydrogen-bond acceptors (Lipinski definition) is 4. The minimum atomic E-state index is -0.673. The third-order valence-corrected chi connectivity index (χ3v) is 8.17. The van der Waals surface area contributed by atoms with E-state index in [1.54, 1.807) is 4.68 Å². The maximum Gasteiger partial charge on any atom is 0.208 e. The van der Waals surface area contributed by atoms with E-state index in [9.17, 15) is 10.1 Å². The van der Waals surface area contributed by atoms with Gasteiger partial charge in [0.15, 0.2) is 0 Å². The number of fused-ring (bicyclic) bond motifs is 1. The van der Waals surface area contributed by atoms with Crippen LogP contribution in [0.5, 0.6) is 0 Å². The highest BCUT2D eigenvalue weighted by molar-refractivity contribution is 6.12. The Kier molecular flexibility index (Phi) is 6.61. The minimum absolute atomic E-state index is 0.156. The SMILES string of the molecule is N#Cc1cnn2c1C(=O)C(=Cc1ccccc1-c1cn(C(c3ccccc3)(c3ccccc3)c3ccccc3)cn1)CC2. The lowest BCUT2D eigenvalue weighted by Gasteiger charge is -2.37. The highest BCUT2D eigenvalue weighted by Crippen LogP contribution is 2.41. The molecule has 0 amide bonds. The van der Waals surface area contributed by atoms with E-state index in [4.69, 9.17) is 4.98 Å². The van der Waals surface area contributed by atoms with Crippen molar-refractivity contribution in [2.75, 3.05) is 0 Å². The fourth-order valence-corrected chi connectivity index (χ4v) is 6.18. The Bertz CT molecular complexity index is 1900. The Balaban J connectivity index is 1.38. The lowest BCUT2D eigenvalue weighted by Crippen LogP contribution is -2.36. The highest BCUT2D eigenvalue weighted by Gasteiger charge is 2.38. The van der Waals surface area contributed by atoms with Crippen molar-refractivity contribution in [3.63, 3.8) is 0 Å². The van der Waals surface area contributed by atoms with Crippen LogP contribution in [0.2, 0.25) is 0 Å². The average Bonchev–Trinajstić information content (AvgIpc) is 3.73. The van der Waals surface area contributed by atoms with E-state index in [-0.39, 0.29) is 5.78 Å². The van der Waals surface area contributed by atoms with Crippen molar-refractivity contribution in [2.45, 2.75) is 18.5 Å². The molecule has 0 atom stereocenters. The van der Waals surface area contributed by atoms with Crippen molar-refractivity contribution in [3.05, 3.63) is 173 Å². The molecule has 0 radical (unpaired) electrons. The van der Waals surface area contributed by atoms with E-state index >= 15 is 0 Å². The summed E-state index contributed by atoms with van der Waals surface area (Å²) in [6, 6.07) is 41.6. The summed E-state index contributed by atoms with van der Waals surface area (Å²) in [6.07, 6.45) is 7.94. The summed E-state index contributed by atoms with van der Waals surface area (Å²) in [7, 11) is 0. The molecular weight excluding hydrogens is 530 g/mol. The zero-order valence-electron chi connectivity index (χ0n) is 23.3. The van der Waals surface area contributed by atoms with Crippen LogP contribution in [0.1, 0.15) is 44.7 Å². The van der Waals surface area contributed by atoms with Gasteiger partial charge in [-0.1, -0.05) is 115 Å². The van der Waals surface area contributed by atoms with Crippen molar-refractivity contribution < 1.29 is 4.79 Å². The number of nitrogens with zero attached hydrogens (tertiary/aromatic N) is 5. The summed E-state index contributed by atoms with van der Waals surface area (Å²) in [5.74, 6) is -0.156. The molecule has 0 fully saturated rings. The number of Topliss-reactive ketones (excluding diaryl/α,β-unsaturated/α-hetero) is 1. The molecule has 0 saturated heterocycles. The quantitative estimate of drug-likeness (QED) is 0.161. The van der Waals surface area contributed by atoms with Gasteiger partial charge in [-0.05, 0) is 34.8 Å². The summed E-state index contributed by atoms with van der Waals surface area (Å²) >= 11 is 0. The second-order valence-corrected chi connectivity index (χ2v) is 10.6. The van der Waals surface area contributed by atoms with Crippen LogP contribution in [0, 0.1) is 11.3 Å². The number of imidazole rings is 1. The van der Waals surface area contributed by atoms with E-state index in [0.29, 0.717) is 29.8 Å². The molecule has 0 spiro atoms. The van der Waals surface area contributed by atoms with Crippen LogP contribution in [0.4, 0.5) is 0 Å². The second-order valence-electron chi connectivity index (χ2n) is 10.6. The Morgan fingerprint density at radius 3 is 1.98 bits per heavy atom. The van der Waals surface area contributed by atoms with Gasteiger partial charge in [-0.25, -0.2) is 4.98 Å². The van der Waals surface area contributed by atoms with Crippen LogP contribution in [-0.4, -0.2) is 25.1 Å². The van der Waals surface area contributed by atoms with Crippen molar-refractivity contribution in [3.8, 4) is 17.3 Å². The van der Waals surface area contributed by atoms with Gasteiger partial charge in [0, 0.05) is 23.9 Å². The van der Waals surface area contributed by atoms with Gasteiger partial charge in [0.05, 0.1) is 18.2 Å². The third-order valence-electron chi connectivity index (χ3n) is 8.17. The molecule has 1 aliphatic heterocycles. The molecule has 0 aliphatic carbocycles. The third kappa shape index (κ3) is 4.39. The highest BCUT2D eigenvalue weighted by atomic mass is 16.1. The molecule has 0 N–H and O–H groups in total. The van der Waals surface area contributed by atoms with Gasteiger partial charge in [0.2, 0.25) is 5.78 Å². The van der Waals surface area contributed by atoms with Crippen LogP contribution >= 0.6 is 0 Å². The maximum atomic E-state index is 13.4. The summed E-state index contributed by atoms with van der Waals surface area (Å²) < 4.78 is 3.82. The Labute approximate surface area is 249 Å². The standard InChI is InChI=1S/C37H27N5O/c38-23-29-24-40-42-21-20-28(36(43)35(29)42)22-27-12-10-11-19-33(27)34-25-41(26-39-34)37(30-13-4-1-5-14-30,31-15-6-2-7-16-31)32-17-8-3-9-18-32/h1-19,22,24-26H,20-21H2. The Hall–Kier alpha value is -5.80. The van der Waals surface area contributed by atoms with Gasteiger partial charge < -0.3 is 4.57 Å². The topological polar surface area (TPSA) is 76.5 Å². The molecule has 206 valence electrons. The zero-order chi connectivity index (χ0) is 29.2. The Morgan fingerprint density at radius 1 is 0.791 bits per heavy atom. The first kappa shape index (κ1) is 26.1. The van der Waals surface area contributed by atoms with Gasteiger partial charge in [-0.15, -0.1) is 0 Å². The predicted molar refractivity (Wildman–Crippen MR) is 166 cm³/mol. The summed E-state index contributed by atoms with van der Waals surface area (Å²) in [5.41, 5.74) is 6.61. The first-order valence-electron chi connectivity index (χ1n) is 14.2. The van der Waals surface area contributed by atoms with Crippen LogP contribution < -0.4 is 0 Å². The molecule has 0 bridgehead atoms. The minimum Gasteiger partial charge on any atom is -0.318 e. The number of rotatable bonds is 6. The van der Waals surface area contributed by atoms with Gasteiger partial charge in [0.25, 0.3) is 0 Å². The number of carbonyl (C=O) groups excluding carboxylic acids is 1. The van der Waals surface area contributed by atoms with Crippen LogP contribution in [0.3, 0.4) is 0 Å². The molecule has 3 heterocycles. The normalized spacial score (nSPS) is 13.9. The molecule has 43 heavy (non-hydrogen) atoms. The van der Waals surface area contributed by atoms with E-state index in [1.165, 1.54) is 6.20 Å². The van der Waals surface area contributed by atoms with E-state index in [0.717, 1.165) is 33.5 Å².